The highest BCUT2D eigenvalue weighted by molar-refractivity contribution is 6.27. The summed E-state index contributed by atoms with van der Waals surface area (Å²) in [5.74, 6) is -0.308. The van der Waals surface area contributed by atoms with Crippen LogP contribution in [0, 0.1) is 0 Å². The van der Waals surface area contributed by atoms with Crippen LogP contribution in [0.1, 0.15) is 13.8 Å². The second-order valence-electron chi connectivity index (χ2n) is 1.95. The van der Waals surface area contributed by atoms with Gasteiger partial charge in [0.15, 0.2) is 0 Å². The lowest BCUT2D eigenvalue weighted by Crippen LogP contribution is -2.38. The Kier molecular flexibility index (Phi) is 4.40. The van der Waals surface area contributed by atoms with Gasteiger partial charge in [0.2, 0.25) is 5.91 Å². The molecule has 1 amide bonds. The van der Waals surface area contributed by atoms with Crippen LogP contribution in [0.2, 0.25) is 0 Å². The number of nitrogens with zero attached hydrogens (tertiary/aromatic N) is 1. The van der Waals surface area contributed by atoms with E-state index in [0.717, 1.165) is 0 Å². The molecule has 1 N–H and O–H groups in total. The lowest BCUT2D eigenvalue weighted by Gasteiger charge is -2.22. The van der Waals surface area contributed by atoms with Crippen molar-refractivity contribution in [3.8, 4) is 0 Å². The average molecular weight is 166 g/mol. The van der Waals surface area contributed by atoms with Crippen LogP contribution in [0.3, 0.4) is 0 Å². The Morgan fingerprint density at radius 1 is 1.80 bits per heavy atom. The molecule has 3 nitrogen and oxygen atoms in total. The number of hydrogen-bond donors (Lipinski definition) is 1. The smallest absolute Gasteiger partial charge is 0.239 e. The topological polar surface area (TPSA) is 40.5 Å². The molecule has 10 heavy (non-hydrogen) atoms. The van der Waals surface area contributed by atoms with Crippen LogP contribution in [0.25, 0.3) is 0 Å². The van der Waals surface area contributed by atoms with E-state index in [-0.39, 0.29) is 11.8 Å². The third kappa shape index (κ3) is 2.54. The molecule has 0 saturated carbocycles. The summed E-state index contributed by atoms with van der Waals surface area (Å²) in [5.41, 5.74) is 0. The van der Waals surface area contributed by atoms with Crippen molar-refractivity contribution in [2.75, 3.05) is 12.4 Å². The van der Waals surface area contributed by atoms with Crippen LogP contribution in [0.5, 0.6) is 0 Å². The van der Waals surface area contributed by atoms with E-state index < -0.39 is 6.23 Å². The van der Waals surface area contributed by atoms with Gasteiger partial charge in [-0.25, -0.2) is 0 Å². The van der Waals surface area contributed by atoms with Gasteiger partial charge in [0.05, 0.1) is 0 Å². The molecule has 0 rings (SSSR count). The lowest BCUT2D eigenvalue weighted by molar-refractivity contribution is -0.136. The lowest BCUT2D eigenvalue weighted by atomic mass is 10.4. The van der Waals surface area contributed by atoms with Gasteiger partial charge in [0.25, 0.3) is 0 Å². The highest BCUT2D eigenvalue weighted by atomic mass is 35.5. The van der Waals surface area contributed by atoms with Gasteiger partial charge >= 0.3 is 0 Å². The molecule has 0 heterocycles. The second kappa shape index (κ2) is 4.52. The van der Waals surface area contributed by atoms with Gasteiger partial charge in [0.1, 0.15) is 12.1 Å². The summed E-state index contributed by atoms with van der Waals surface area (Å²) in [4.78, 5) is 12.1. The number of amides is 1. The fraction of sp³-hybridized carbons (Fsp3) is 0.833. The van der Waals surface area contributed by atoms with Crippen molar-refractivity contribution in [2.45, 2.75) is 20.1 Å². The molecule has 1 unspecified atom stereocenters. The van der Waals surface area contributed by atoms with Crippen LogP contribution in [0.4, 0.5) is 0 Å². The van der Waals surface area contributed by atoms with E-state index >= 15 is 0 Å². The van der Waals surface area contributed by atoms with Crippen LogP contribution >= 0.6 is 11.6 Å². The van der Waals surface area contributed by atoms with Gasteiger partial charge in [-0.15, -0.1) is 11.6 Å². The maximum atomic E-state index is 10.8. The number of hydrogen-bond acceptors (Lipinski definition) is 2. The molecule has 0 fully saturated rings. The van der Waals surface area contributed by atoms with Crippen molar-refractivity contribution in [1.82, 2.24) is 4.90 Å². The number of aliphatic hydroxyl groups is 1. The molecule has 0 aromatic heterocycles. The predicted octanol–water partition coefficient (Wildman–Crippen LogP) is 0.412. The third-order valence-electron chi connectivity index (χ3n) is 1.23. The Morgan fingerprint density at radius 2 is 2.30 bits per heavy atom. The van der Waals surface area contributed by atoms with E-state index in [1.807, 2.05) is 0 Å². The number of carbonyl (C=O) groups excluding carboxylic acids is 1. The molecule has 0 aromatic carbocycles. The molecule has 0 bridgehead atoms. The SMILES string of the molecule is CCN(C(=O)CCl)C(C)O. The molecular formula is C6H12ClNO2. The van der Waals surface area contributed by atoms with Crippen LogP contribution in [-0.4, -0.2) is 34.6 Å². The monoisotopic (exact) mass is 165 g/mol. The zero-order valence-electron chi connectivity index (χ0n) is 6.17. The minimum Gasteiger partial charge on any atom is -0.374 e. The molecule has 0 radical (unpaired) electrons. The van der Waals surface area contributed by atoms with Crippen LogP contribution in [0.15, 0.2) is 0 Å². The minimum atomic E-state index is -0.740. The van der Waals surface area contributed by atoms with Gasteiger partial charge in [-0.3, -0.25) is 4.79 Å². The molecule has 0 aliphatic rings. The van der Waals surface area contributed by atoms with E-state index in [9.17, 15) is 4.79 Å². The number of alkyl halides is 1. The zero-order valence-corrected chi connectivity index (χ0v) is 6.93. The normalized spacial score (nSPS) is 12.8. The molecule has 0 aliphatic carbocycles. The highest BCUT2D eigenvalue weighted by Gasteiger charge is 2.13. The number of aliphatic hydroxyl groups excluding tert-OH is 1. The van der Waals surface area contributed by atoms with Crippen LogP contribution < -0.4 is 0 Å². The predicted molar refractivity (Wildman–Crippen MR) is 39.8 cm³/mol. The van der Waals surface area contributed by atoms with Crippen LogP contribution in [-0.2, 0) is 4.79 Å². The molecule has 0 aliphatic heterocycles. The zero-order chi connectivity index (χ0) is 8.15. The maximum Gasteiger partial charge on any atom is 0.239 e. The fourth-order valence-electron chi connectivity index (χ4n) is 0.726. The minimum absolute atomic E-state index is 0.0707. The van der Waals surface area contributed by atoms with Crippen molar-refractivity contribution < 1.29 is 9.90 Å². The summed E-state index contributed by atoms with van der Waals surface area (Å²) >= 11 is 5.27. The third-order valence-corrected chi connectivity index (χ3v) is 1.46. The average Bonchev–Trinajstić information content (AvgIpc) is 1.88. The summed E-state index contributed by atoms with van der Waals surface area (Å²) in [6.07, 6.45) is -0.740. The Labute approximate surface area is 65.6 Å². The number of carbonyl (C=O) groups is 1. The van der Waals surface area contributed by atoms with Crippen molar-refractivity contribution in [1.29, 1.82) is 0 Å². The fourth-order valence-corrected chi connectivity index (χ4v) is 0.879. The van der Waals surface area contributed by atoms with E-state index in [1.165, 1.54) is 11.8 Å². The van der Waals surface area contributed by atoms with Crippen molar-refractivity contribution in [3.05, 3.63) is 0 Å². The van der Waals surface area contributed by atoms with Gasteiger partial charge in [-0.2, -0.15) is 0 Å². The largest absolute Gasteiger partial charge is 0.374 e. The van der Waals surface area contributed by atoms with Gasteiger partial charge < -0.3 is 10.0 Å². The molecule has 60 valence electrons. The molecule has 0 saturated heterocycles. The Balaban J connectivity index is 3.93. The molecule has 1 atom stereocenters. The van der Waals surface area contributed by atoms with E-state index in [4.69, 9.17) is 16.7 Å². The van der Waals surface area contributed by atoms with Crippen molar-refractivity contribution in [3.63, 3.8) is 0 Å². The van der Waals surface area contributed by atoms with E-state index in [2.05, 4.69) is 0 Å². The highest BCUT2D eigenvalue weighted by Crippen LogP contribution is 1.96. The summed E-state index contributed by atoms with van der Waals surface area (Å²) < 4.78 is 0. The van der Waals surface area contributed by atoms with E-state index in [0.29, 0.717) is 6.54 Å². The molecule has 0 spiro atoms. The maximum absolute atomic E-state index is 10.8. The first-order valence-corrected chi connectivity index (χ1v) is 3.70. The first-order valence-electron chi connectivity index (χ1n) is 3.17. The number of halogens is 1. The number of rotatable bonds is 3. The van der Waals surface area contributed by atoms with Crippen molar-refractivity contribution in [2.24, 2.45) is 0 Å². The second-order valence-corrected chi connectivity index (χ2v) is 2.21. The summed E-state index contributed by atoms with van der Waals surface area (Å²) in [6.45, 7) is 3.81. The first kappa shape index (κ1) is 9.72. The van der Waals surface area contributed by atoms with Crippen molar-refractivity contribution >= 4 is 17.5 Å². The first-order chi connectivity index (χ1) is 4.63. The Morgan fingerprint density at radius 3 is 2.40 bits per heavy atom. The summed E-state index contributed by atoms with van der Waals surface area (Å²) in [6, 6.07) is 0. The Bertz CT molecular complexity index is 116. The Hall–Kier alpha value is -0.280. The van der Waals surface area contributed by atoms with E-state index in [1.54, 1.807) is 6.92 Å². The molecule has 4 heteroatoms. The van der Waals surface area contributed by atoms with Gasteiger partial charge in [0, 0.05) is 6.54 Å². The van der Waals surface area contributed by atoms with Gasteiger partial charge in [-0.1, -0.05) is 0 Å². The molecular weight excluding hydrogens is 154 g/mol. The summed E-state index contributed by atoms with van der Waals surface area (Å²) in [7, 11) is 0. The summed E-state index contributed by atoms with van der Waals surface area (Å²) in [5, 5.41) is 8.96. The van der Waals surface area contributed by atoms with Gasteiger partial charge in [-0.05, 0) is 13.8 Å². The standard InChI is InChI=1S/C6H12ClNO2/c1-3-8(5(2)9)6(10)4-7/h5,9H,3-4H2,1-2H3. The molecule has 0 aromatic rings. The quantitative estimate of drug-likeness (QED) is 0.486.